The van der Waals surface area contributed by atoms with Crippen LogP contribution in [0.3, 0.4) is 0 Å². The van der Waals surface area contributed by atoms with Crippen molar-refractivity contribution in [1.29, 1.82) is 5.41 Å². The molecule has 0 radical (unpaired) electrons. The molecule has 8 amide bonds. The van der Waals surface area contributed by atoms with Crippen molar-refractivity contribution in [2.45, 2.75) is 75.5 Å². The average Bonchev–Trinajstić information content (AvgIpc) is 3.44. The number of benzene rings is 1. The number of nitrogens with one attached hydrogen (secondary N) is 8. The van der Waals surface area contributed by atoms with Crippen LogP contribution >= 0.6 is 0 Å². The molecule has 2 aliphatic heterocycles. The first kappa shape index (κ1) is 42.1. The number of rotatable bonds is 16. The molecule has 2 aliphatic rings. The van der Waals surface area contributed by atoms with E-state index in [0.717, 1.165) is 17.1 Å². The highest BCUT2D eigenvalue weighted by atomic mass is 16.4. The number of imide groups is 1. The van der Waals surface area contributed by atoms with Gasteiger partial charge in [0.25, 0.3) is 11.8 Å². The minimum atomic E-state index is -1.62. The minimum Gasteiger partial charge on any atom is -0.481 e. The summed E-state index contributed by atoms with van der Waals surface area (Å²) in [5.74, 6) is -7.36. The molecule has 11 N–H and O–H groups in total. The van der Waals surface area contributed by atoms with Crippen molar-refractivity contribution in [3.05, 3.63) is 48.0 Å². The Labute approximate surface area is 310 Å². The average molecular weight is 755 g/mol. The van der Waals surface area contributed by atoms with Gasteiger partial charge in [0.15, 0.2) is 5.96 Å². The second kappa shape index (κ2) is 21.2. The number of nitrogens with two attached hydrogens (primary N) is 1. The first-order chi connectivity index (χ1) is 25.7. The van der Waals surface area contributed by atoms with Crippen molar-refractivity contribution in [3.8, 4) is 0 Å². The molecule has 20 nitrogen and oxygen atoms in total. The zero-order chi connectivity index (χ0) is 39.6. The Morgan fingerprint density at radius 1 is 0.759 bits per heavy atom. The predicted octanol–water partition coefficient (Wildman–Crippen LogP) is -3.36. The Hall–Kier alpha value is -6.34. The number of guanidine groups is 1. The summed E-state index contributed by atoms with van der Waals surface area (Å²) in [4.78, 5) is 115. The van der Waals surface area contributed by atoms with E-state index in [1.165, 1.54) is 0 Å². The second-order valence-electron chi connectivity index (χ2n) is 12.5. The predicted molar refractivity (Wildman–Crippen MR) is 190 cm³/mol. The lowest BCUT2D eigenvalue weighted by Crippen LogP contribution is -2.58. The van der Waals surface area contributed by atoms with Gasteiger partial charge in [0.1, 0.15) is 24.2 Å². The number of carboxylic acid groups (broad SMARTS) is 1. The van der Waals surface area contributed by atoms with Crippen LogP contribution in [0.15, 0.2) is 42.5 Å². The van der Waals surface area contributed by atoms with E-state index >= 15 is 0 Å². The lowest BCUT2D eigenvalue weighted by atomic mass is 10.0. The van der Waals surface area contributed by atoms with E-state index in [4.69, 9.17) is 11.1 Å². The fraction of sp³-hybridized carbons (Fsp3) is 0.471. The molecule has 1 aromatic carbocycles. The molecule has 0 aliphatic carbocycles. The summed E-state index contributed by atoms with van der Waals surface area (Å²) in [7, 11) is 0. The van der Waals surface area contributed by atoms with E-state index in [2.05, 4.69) is 37.2 Å². The van der Waals surface area contributed by atoms with Crippen LogP contribution < -0.4 is 43.0 Å². The largest absolute Gasteiger partial charge is 0.481 e. The Bertz CT molecular complexity index is 1600. The van der Waals surface area contributed by atoms with E-state index in [9.17, 15) is 48.3 Å². The number of hydrogen-bond donors (Lipinski definition) is 10. The Kier molecular flexibility index (Phi) is 16.6. The number of carboxylic acids is 1. The first-order valence-corrected chi connectivity index (χ1v) is 17.4. The number of amides is 8. The van der Waals surface area contributed by atoms with E-state index in [0.29, 0.717) is 12.0 Å². The minimum absolute atomic E-state index is 0.0177. The van der Waals surface area contributed by atoms with Gasteiger partial charge >= 0.3 is 5.97 Å². The van der Waals surface area contributed by atoms with Crippen LogP contribution in [0.5, 0.6) is 0 Å². The molecule has 0 aromatic heterocycles. The molecule has 1 aromatic rings. The van der Waals surface area contributed by atoms with Crippen molar-refractivity contribution < 1.29 is 48.3 Å². The third-order valence-corrected chi connectivity index (χ3v) is 8.33. The van der Waals surface area contributed by atoms with Crippen molar-refractivity contribution in [2.24, 2.45) is 5.73 Å². The van der Waals surface area contributed by atoms with Gasteiger partial charge in [-0.3, -0.25) is 53.5 Å². The van der Waals surface area contributed by atoms with Crippen molar-refractivity contribution in [3.63, 3.8) is 0 Å². The summed E-state index contributed by atoms with van der Waals surface area (Å²) in [6.45, 7) is -0.420. The molecule has 292 valence electrons. The maximum Gasteiger partial charge on any atom is 0.305 e. The number of aliphatic carboxylic acids is 1. The van der Waals surface area contributed by atoms with Gasteiger partial charge in [-0.25, -0.2) is 0 Å². The molecular formula is C34H46N10O10. The second-order valence-corrected chi connectivity index (χ2v) is 12.5. The summed E-state index contributed by atoms with van der Waals surface area (Å²) < 4.78 is 0. The Balaban J connectivity index is 1.80. The van der Waals surface area contributed by atoms with Crippen molar-refractivity contribution in [2.75, 3.05) is 26.2 Å². The van der Waals surface area contributed by atoms with Crippen LogP contribution in [0.25, 0.3) is 0 Å². The Morgan fingerprint density at radius 2 is 1.33 bits per heavy atom. The number of nitrogens with zero attached hydrogens (tertiary/aromatic N) is 1. The van der Waals surface area contributed by atoms with Gasteiger partial charge in [0.2, 0.25) is 35.4 Å². The highest BCUT2D eigenvalue weighted by Crippen LogP contribution is 2.10. The van der Waals surface area contributed by atoms with Crippen molar-refractivity contribution in [1.82, 2.24) is 42.1 Å². The maximum atomic E-state index is 13.8. The zero-order valence-electron chi connectivity index (χ0n) is 29.5. The van der Waals surface area contributed by atoms with E-state index in [-0.39, 0.29) is 64.1 Å². The summed E-state index contributed by atoms with van der Waals surface area (Å²) >= 11 is 0. The van der Waals surface area contributed by atoms with Gasteiger partial charge in [-0.1, -0.05) is 30.3 Å². The third kappa shape index (κ3) is 14.4. The van der Waals surface area contributed by atoms with E-state index < -0.39 is 90.4 Å². The molecule has 20 heteroatoms. The van der Waals surface area contributed by atoms with Gasteiger partial charge in [0, 0.05) is 44.6 Å². The number of unbranched alkanes of at least 4 members (excludes halogenated alkanes) is 1. The summed E-state index contributed by atoms with van der Waals surface area (Å²) in [5, 5.41) is 34.5. The summed E-state index contributed by atoms with van der Waals surface area (Å²) in [6, 6.07) is 3.14. The molecule has 3 rings (SSSR count). The zero-order valence-corrected chi connectivity index (χ0v) is 29.5. The van der Waals surface area contributed by atoms with Gasteiger partial charge in [-0.15, -0.1) is 0 Å². The number of carbonyl (C=O) groups excluding carboxylic acids is 8. The highest BCUT2D eigenvalue weighted by molar-refractivity contribution is 6.13. The lowest BCUT2D eigenvalue weighted by Gasteiger charge is -2.26. The Morgan fingerprint density at radius 3 is 1.98 bits per heavy atom. The van der Waals surface area contributed by atoms with Crippen LogP contribution in [0, 0.1) is 5.41 Å². The van der Waals surface area contributed by atoms with Crippen LogP contribution in [-0.4, -0.2) is 120 Å². The van der Waals surface area contributed by atoms with Crippen LogP contribution in [0.2, 0.25) is 0 Å². The molecule has 2 heterocycles. The fourth-order valence-corrected chi connectivity index (χ4v) is 5.52. The number of hydrogen-bond acceptors (Lipinski definition) is 10. The standard InChI is InChI=1S/C34H46N10O10/c35-34(36)38-15-6-10-21-30(51)39-19-26(46)40-24(18-29(49)50)33(54)43-23(17-20-7-2-1-3-8-20)32(53)42-22(31(52)41-21)9-4-5-14-37-25(45)13-16-44-27(47)11-12-28(44)48/h1-3,7-8,11-12,21-24H,4-6,9-10,13-19H2,(H,37,45)(H,39,51)(H,40,46)(H,41,52)(H,42,53)(H,43,54)(H,49,50)(H4,35,36,38)/t21?,22?,23?,24-/m1/s1. The molecule has 0 spiro atoms. The molecular weight excluding hydrogens is 708 g/mol. The van der Waals surface area contributed by atoms with Gasteiger partial charge in [-0.2, -0.15) is 0 Å². The van der Waals surface area contributed by atoms with Gasteiger partial charge in [0.05, 0.1) is 13.0 Å². The van der Waals surface area contributed by atoms with E-state index in [1.54, 1.807) is 30.3 Å². The fourth-order valence-electron chi connectivity index (χ4n) is 5.52. The third-order valence-electron chi connectivity index (χ3n) is 8.33. The van der Waals surface area contributed by atoms with Crippen molar-refractivity contribution >= 4 is 59.2 Å². The molecule has 1 saturated heterocycles. The normalized spacial score (nSPS) is 21.1. The van der Waals surface area contributed by atoms with Gasteiger partial charge in [-0.05, 0) is 37.7 Å². The molecule has 0 bridgehead atoms. The van der Waals surface area contributed by atoms with Gasteiger partial charge < -0.3 is 48.1 Å². The summed E-state index contributed by atoms with van der Waals surface area (Å²) in [6.07, 6.45) is 2.13. The van der Waals surface area contributed by atoms with Crippen LogP contribution in [0.4, 0.5) is 0 Å². The molecule has 3 unspecified atom stereocenters. The summed E-state index contributed by atoms with van der Waals surface area (Å²) in [5.41, 5.74) is 5.95. The van der Waals surface area contributed by atoms with E-state index in [1.807, 2.05) is 0 Å². The SMILES string of the molecule is N=C(N)NCCCC1NC(=O)C(CCCCNC(=O)CCN2C(=O)C=CC2=O)NC(=O)C(Cc2ccccc2)NC(=O)[C@@H](CC(=O)O)NC(=O)CNC1=O. The highest BCUT2D eigenvalue weighted by Gasteiger charge is 2.33. The quantitative estimate of drug-likeness (QED) is 0.0343. The van der Waals surface area contributed by atoms with Crippen LogP contribution in [0.1, 0.15) is 50.5 Å². The molecule has 1 fully saturated rings. The lowest BCUT2D eigenvalue weighted by molar-refractivity contribution is -0.141. The molecule has 4 atom stereocenters. The van der Waals surface area contributed by atoms with Crippen LogP contribution in [-0.2, 0) is 49.6 Å². The number of carbonyl (C=O) groups is 9. The topological polar surface area (TPSA) is 311 Å². The smallest absolute Gasteiger partial charge is 0.305 e. The molecule has 0 saturated carbocycles. The maximum absolute atomic E-state index is 13.8. The first-order valence-electron chi connectivity index (χ1n) is 17.4. The molecule has 54 heavy (non-hydrogen) atoms. The monoisotopic (exact) mass is 754 g/mol.